The lowest BCUT2D eigenvalue weighted by Gasteiger charge is -2.19. The number of sulfonamides is 1. The van der Waals surface area contributed by atoms with Gasteiger partial charge in [0, 0.05) is 20.2 Å². The minimum absolute atomic E-state index is 0.124. The van der Waals surface area contributed by atoms with Crippen LogP contribution in [0.5, 0.6) is 11.5 Å². The van der Waals surface area contributed by atoms with E-state index in [0.29, 0.717) is 11.5 Å². The minimum atomic E-state index is -3.48. The summed E-state index contributed by atoms with van der Waals surface area (Å²) in [5.74, 6) is 0.754. The van der Waals surface area contributed by atoms with Gasteiger partial charge < -0.3 is 19.5 Å². The lowest BCUT2D eigenvalue weighted by atomic mass is 10.2. The molecule has 1 N–H and O–H groups in total. The molecule has 0 spiro atoms. The average molecular weight is 360 g/mol. The summed E-state index contributed by atoms with van der Waals surface area (Å²) in [6, 6.07) is 5.28. The molecule has 1 rings (SSSR count). The highest BCUT2D eigenvalue weighted by Gasteiger charge is 2.19. The molecule has 0 radical (unpaired) electrons. The number of carbonyl (C=O) groups excluding carboxylic acids is 1. The summed E-state index contributed by atoms with van der Waals surface area (Å²) in [4.78, 5) is 12.0. The van der Waals surface area contributed by atoms with Crippen molar-refractivity contribution in [3.8, 4) is 11.5 Å². The maximum atomic E-state index is 12.0. The first-order valence-electron chi connectivity index (χ1n) is 7.23. The Morgan fingerprint density at radius 1 is 1.17 bits per heavy atom. The van der Waals surface area contributed by atoms with Gasteiger partial charge in [0.05, 0.1) is 33.6 Å². The van der Waals surface area contributed by atoms with Crippen molar-refractivity contribution in [1.82, 2.24) is 9.62 Å². The van der Waals surface area contributed by atoms with Crippen LogP contribution in [0.15, 0.2) is 18.2 Å². The first-order valence-corrected chi connectivity index (χ1v) is 9.08. The molecule has 0 saturated heterocycles. The molecule has 0 aromatic heterocycles. The van der Waals surface area contributed by atoms with E-state index in [-0.39, 0.29) is 26.2 Å². The van der Waals surface area contributed by atoms with Gasteiger partial charge in [-0.2, -0.15) is 4.31 Å². The number of hydrogen-bond acceptors (Lipinski definition) is 6. The molecule has 0 aliphatic rings. The Morgan fingerprint density at radius 3 is 2.38 bits per heavy atom. The van der Waals surface area contributed by atoms with Crippen LogP contribution in [-0.2, 0) is 26.1 Å². The van der Waals surface area contributed by atoms with E-state index in [9.17, 15) is 13.2 Å². The van der Waals surface area contributed by atoms with Crippen LogP contribution in [0.2, 0.25) is 0 Å². The first kappa shape index (κ1) is 20.2. The second-order valence-electron chi connectivity index (χ2n) is 5.06. The van der Waals surface area contributed by atoms with Crippen molar-refractivity contribution in [3.05, 3.63) is 23.8 Å². The molecule has 0 bridgehead atoms. The monoisotopic (exact) mass is 360 g/mol. The van der Waals surface area contributed by atoms with Crippen molar-refractivity contribution in [1.29, 1.82) is 0 Å². The van der Waals surface area contributed by atoms with Crippen LogP contribution in [0, 0.1) is 0 Å². The fourth-order valence-electron chi connectivity index (χ4n) is 1.96. The second-order valence-corrected chi connectivity index (χ2v) is 7.04. The van der Waals surface area contributed by atoms with Gasteiger partial charge in [-0.15, -0.1) is 0 Å². The third-order valence-electron chi connectivity index (χ3n) is 3.27. The normalized spacial score (nSPS) is 11.4. The predicted molar refractivity (Wildman–Crippen MR) is 89.7 cm³/mol. The lowest BCUT2D eigenvalue weighted by Crippen LogP contribution is -2.41. The van der Waals surface area contributed by atoms with E-state index in [1.807, 2.05) is 0 Å². The number of nitrogens with zero attached hydrogens (tertiary/aromatic N) is 1. The standard InChI is InChI=1S/C15H24N2O6S/c1-21-8-7-17(24(4,19)20)11-15(18)16-10-12-5-6-13(22-2)14(9-12)23-3/h5-6,9H,7-8,10-11H2,1-4H3,(H,16,18). The smallest absolute Gasteiger partial charge is 0.235 e. The minimum Gasteiger partial charge on any atom is -0.493 e. The maximum absolute atomic E-state index is 12.0. The average Bonchev–Trinajstić information content (AvgIpc) is 2.55. The zero-order chi connectivity index (χ0) is 18.2. The van der Waals surface area contributed by atoms with Crippen LogP contribution in [0.25, 0.3) is 0 Å². The Bertz CT molecular complexity index is 647. The Balaban J connectivity index is 2.64. The first-order chi connectivity index (χ1) is 11.3. The Labute approximate surface area is 142 Å². The Hall–Kier alpha value is -1.84. The highest BCUT2D eigenvalue weighted by molar-refractivity contribution is 7.88. The summed E-state index contributed by atoms with van der Waals surface area (Å²) in [6.45, 7) is 0.339. The summed E-state index contributed by atoms with van der Waals surface area (Å²) < 4.78 is 39.6. The van der Waals surface area contributed by atoms with Gasteiger partial charge in [0.1, 0.15) is 0 Å². The van der Waals surface area contributed by atoms with E-state index >= 15 is 0 Å². The third kappa shape index (κ3) is 6.34. The van der Waals surface area contributed by atoms with Gasteiger partial charge in [-0.1, -0.05) is 6.07 Å². The van der Waals surface area contributed by atoms with Crippen molar-refractivity contribution in [2.45, 2.75) is 6.54 Å². The highest BCUT2D eigenvalue weighted by atomic mass is 32.2. The summed E-state index contributed by atoms with van der Waals surface area (Å²) in [6.07, 6.45) is 1.06. The molecule has 0 unspecified atom stereocenters. The quantitative estimate of drug-likeness (QED) is 0.642. The van der Waals surface area contributed by atoms with Gasteiger partial charge in [-0.05, 0) is 17.7 Å². The Kier molecular flexibility index (Phi) is 7.96. The van der Waals surface area contributed by atoms with Crippen LogP contribution >= 0.6 is 0 Å². The molecular weight excluding hydrogens is 336 g/mol. The maximum Gasteiger partial charge on any atom is 0.235 e. The van der Waals surface area contributed by atoms with Crippen LogP contribution in [0.3, 0.4) is 0 Å². The molecule has 8 nitrogen and oxygen atoms in total. The molecule has 0 heterocycles. The van der Waals surface area contributed by atoms with E-state index in [2.05, 4.69) is 5.32 Å². The second kappa shape index (κ2) is 9.45. The van der Waals surface area contributed by atoms with Crippen LogP contribution in [-0.4, -0.2) is 65.9 Å². The zero-order valence-corrected chi connectivity index (χ0v) is 15.2. The molecule has 1 aromatic carbocycles. The number of benzene rings is 1. The van der Waals surface area contributed by atoms with Gasteiger partial charge >= 0.3 is 0 Å². The fraction of sp³-hybridized carbons (Fsp3) is 0.533. The van der Waals surface area contributed by atoms with E-state index in [1.54, 1.807) is 25.3 Å². The van der Waals surface area contributed by atoms with E-state index < -0.39 is 15.9 Å². The highest BCUT2D eigenvalue weighted by Crippen LogP contribution is 2.27. The molecule has 1 amide bonds. The molecule has 0 fully saturated rings. The number of hydrogen-bond donors (Lipinski definition) is 1. The molecule has 0 aliphatic heterocycles. The van der Waals surface area contributed by atoms with Gasteiger partial charge in [-0.3, -0.25) is 4.79 Å². The van der Waals surface area contributed by atoms with Crippen LogP contribution in [0.4, 0.5) is 0 Å². The van der Waals surface area contributed by atoms with Crippen molar-refractivity contribution >= 4 is 15.9 Å². The number of methoxy groups -OCH3 is 3. The molecular formula is C15H24N2O6S. The summed E-state index contributed by atoms with van der Waals surface area (Å²) in [7, 11) is 1.06. The third-order valence-corrected chi connectivity index (χ3v) is 4.52. The van der Waals surface area contributed by atoms with E-state index in [4.69, 9.17) is 14.2 Å². The topological polar surface area (TPSA) is 94.2 Å². The summed E-state index contributed by atoms with van der Waals surface area (Å²) >= 11 is 0. The number of rotatable bonds is 10. The molecule has 9 heteroatoms. The molecule has 136 valence electrons. The van der Waals surface area contributed by atoms with Gasteiger partial charge in [0.15, 0.2) is 11.5 Å². The molecule has 0 aliphatic carbocycles. The fourth-order valence-corrected chi connectivity index (χ4v) is 2.72. The molecule has 0 atom stereocenters. The van der Waals surface area contributed by atoms with Crippen molar-refractivity contribution < 1.29 is 27.4 Å². The molecule has 1 aromatic rings. The summed E-state index contributed by atoms with van der Waals surface area (Å²) in [5.41, 5.74) is 0.809. The largest absolute Gasteiger partial charge is 0.493 e. The lowest BCUT2D eigenvalue weighted by molar-refractivity contribution is -0.121. The van der Waals surface area contributed by atoms with Crippen LogP contribution < -0.4 is 14.8 Å². The predicted octanol–water partition coefficient (Wildman–Crippen LogP) is 0.228. The van der Waals surface area contributed by atoms with Crippen molar-refractivity contribution in [2.24, 2.45) is 0 Å². The van der Waals surface area contributed by atoms with Gasteiger partial charge in [0.2, 0.25) is 15.9 Å². The zero-order valence-electron chi connectivity index (χ0n) is 14.4. The molecule has 24 heavy (non-hydrogen) atoms. The Morgan fingerprint density at radius 2 is 1.83 bits per heavy atom. The number of ether oxygens (including phenoxy) is 3. The van der Waals surface area contributed by atoms with Gasteiger partial charge in [0.25, 0.3) is 0 Å². The molecule has 0 saturated carbocycles. The number of nitrogens with one attached hydrogen (secondary N) is 1. The van der Waals surface area contributed by atoms with Gasteiger partial charge in [-0.25, -0.2) is 8.42 Å². The van der Waals surface area contributed by atoms with E-state index in [0.717, 1.165) is 16.1 Å². The number of carbonyl (C=O) groups is 1. The van der Waals surface area contributed by atoms with Crippen molar-refractivity contribution in [3.63, 3.8) is 0 Å². The SMILES string of the molecule is COCCN(CC(=O)NCc1ccc(OC)c(OC)c1)S(C)(=O)=O. The van der Waals surface area contributed by atoms with E-state index in [1.165, 1.54) is 14.2 Å². The summed E-state index contributed by atoms with van der Waals surface area (Å²) in [5, 5.41) is 2.68. The van der Waals surface area contributed by atoms with Crippen molar-refractivity contribution in [2.75, 3.05) is 47.3 Å². The number of amides is 1. The van der Waals surface area contributed by atoms with Crippen LogP contribution in [0.1, 0.15) is 5.56 Å².